The van der Waals surface area contributed by atoms with E-state index in [0.29, 0.717) is 5.57 Å². The molecule has 0 bridgehead atoms. The number of alkyl halides is 1. The lowest BCUT2D eigenvalue weighted by Crippen LogP contribution is -2.45. The minimum Gasteiger partial charge on any atom is -0.510 e. The van der Waals surface area contributed by atoms with Crippen molar-refractivity contribution in [1.82, 2.24) is 10.2 Å². The number of aliphatic hydroxyl groups is 1. The van der Waals surface area contributed by atoms with Gasteiger partial charge in [-0.1, -0.05) is 26.8 Å². The van der Waals surface area contributed by atoms with Crippen molar-refractivity contribution in [1.29, 1.82) is 0 Å². The topological polar surface area (TPSA) is 52.6 Å². The number of unbranched alkanes of at least 4 members (excludes halogenated alkanes) is 1. The zero-order valence-electron chi connectivity index (χ0n) is 18.8. The van der Waals surface area contributed by atoms with E-state index in [-0.39, 0.29) is 17.0 Å². The molecule has 0 saturated heterocycles. The SMILES string of the molecule is [B]C(C)/C(F)=C\C(=C/C(C)F)NC(=O)/C(C(=C)C)=C(\O)C(C)(C)N(C)CCCC. The maximum Gasteiger partial charge on any atom is 0.259 e. The molecule has 4 nitrogen and oxygen atoms in total. The highest BCUT2D eigenvalue weighted by atomic mass is 19.1. The number of hydrogen-bond donors (Lipinski definition) is 2. The van der Waals surface area contributed by atoms with Gasteiger partial charge in [0.25, 0.3) is 5.91 Å². The van der Waals surface area contributed by atoms with Crippen LogP contribution in [-0.2, 0) is 4.79 Å². The standard InChI is InChI=1S/C22H35BF2N2O2/c1-9-10-11-27(8)22(6,7)20(28)19(14(2)3)21(29)26-17(12-15(4)24)13-18(25)16(5)23/h12-13,15-16,28H,2,9-11H2,1,3-8H3,(H,26,29)/b17-12+,18-13+,20-19-. The van der Waals surface area contributed by atoms with Gasteiger partial charge < -0.3 is 10.4 Å². The van der Waals surface area contributed by atoms with Crippen LogP contribution in [0.1, 0.15) is 54.4 Å². The lowest BCUT2D eigenvalue weighted by Gasteiger charge is -2.36. The summed E-state index contributed by atoms with van der Waals surface area (Å²) in [7, 11) is 7.34. The summed E-state index contributed by atoms with van der Waals surface area (Å²) in [4.78, 5) is 14.8. The monoisotopic (exact) mass is 408 g/mol. The second-order valence-corrected chi connectivity index (χ2v) is 7.91. The molecule has 0 saturated carbocycles. The predicted octanol–water partition coefficient (Wildman–Crippen LogP) is 5.07. The molecule has 2 atom stereocenters. The van der Waals surface area contributed by atoms with E-state index < -0.39 is 29.3 Å². The molecule has 2 N–H and O–H groups in total. The summed E-state index contributed by atoms with van der Waals surface area (Å²) in [6.45, 7) is 14.5. The van der Waals surface area contributed by atoms with Gasteiger partial charge in [0.15, 0.2) is 0 Å². The lowest BCUT2D eigenvalue weighted by molar-refractivity contribution is -0.116. The van der Waals surface area contributed by atoms with E-state index in [1.807, 2.05) is 11.9 Å². The first-order valence-corrected chi connectivity index (χ1v) is 9.86. The average Bonchev–Trinajstić information content (AvgIpc) is 2.58. The third-order valence-electron chi connectivity index (χ3n) is 4.67. The molecule has 0 rings (SSSR count). The van der Waals surface area contributed by atoms with Crippen LogP contribution in [0, 0.1) is 0 Å². The number of rotatable bonds is 11. The first kappa shape index (κ1) is 27.1. The Balaban J connectivity index is 6.04. The maximum absolute atomic E-state index is 13.9. The van der Waals surface area contributed by atoms with Crippen LogP contribution in [0.15, 0.2) is 47.2 Å². The fraction of sp³-hybridized carbons (Fsp3) is 0.591. The van der Waals surface area contributed by atoms with Crippen LogP contribution in [0.2, 0.25) is 5.82 Å². The summed E-state index contributed by atoms with van der Waals surface area (Å²) in [5.41, 5.74) is -0.611. The summed E-state index contributed by atoms with van der Waals surface area (Å²) in [5, 5.41) is 13.4. The number of likely N-dealkylation sites (N-methyl/N-ethyl adjacent to an activating group) is 1. The highest BCUT2D eigenvalue weighted by molar-refractivity contribution is 6.13. The highest BCUT2D eigenvalue weighted by Gasteiger charge is 2.33. The van der Waals surface area contributed by atoms with E-state index in [1.165, 1.54) is 13.8 Å². The van der Waals surface area contributed by atoms with Crippen molar-refractivity contribution in [2.24, 2.45) is 0 Å². The minimum atomic E-state index is -1.43. The van der Waals surface area contributed by atoms with E-state index >= 15 is 0 Å². The Morgan fingerprint density at radius 1 is 1.38 bits per heavy atom. The third kappa shape index (κ3) is 8.56. The molecule has 0 aliphatic rings. The van der Waals surface area contributed by atoms with Gasteiger partial charge >= 0.3 is 0 Å². The van der Waals surface area contributed by atoms with Gasteiger partial charge in [-0.15, -0.1) is 0 Å². The van der Waals surface area contributed by atoms with Crippen molar-refractivity contribution in [3.05, 3.63) is 47.2 Å². The number of carbonyl (C=O) groups excluding carboxylic acids is 1. The van der Waals surface area contributed by atoms with Crippen LogP contribution in [0.5, 0.6) is 0 Å². The van der Waals surface area contributed by atoms with Crippen molar-refractivity contribution >= 4 is 13.8 Å². The molecule has 29 heavy (non-hydrogen) atoms. The number of nitrogens with zero attached hydrogens (tertiary/aromatic N) is 1. The first-order valence-electron chi connectivity index (χ1n) is 9.86. The number of carbonyl (C=O) groups is 1. The van der Waals surface area contributed by atoms with Gasteiger partial charge in [0.1, 0.15) is 11.9 Å². The lowest BCUT2D eigenvalue weighted by atomic mass is 9.88. The molecule has 1 amide bonds. The third-order valence-corrected chi connectivity index (χ3v) is 4.67. The second kappa shape index (κ2) is 12.0. The molecule has 0 aromatic rings. The summed E-state index contributed by atoms with van der Waals surface area (Å²) < 4.78 is 27.4. The molecular weight excluding hydrogens is 373 g/mol. The zero-order chi connectivity index (χ0) is 22.9. The zero-order valence-corrected chi connectivity index (χ0v) is 18.8. The molecule has 0 heterocycles. The molecule has 0 fully saturated rings. The minimum absolute atomic E-state index is 0.0228. The number of aliphatic hydroxyl groups excluding tert-OH is 1. The number of amides is 1. The number of hydrogen-bond acceptors (Lipinski definition) is 3. The predicted molar refractivity (Wildman–Crippen MR) is 117 cm³/mol. The smallest absolute Gasteiger partial charge is 0.259 e. The van der Waals surface area contributed by atoms with Crippen LogP contribution in [0.25, 0.3) is 0 Å². The molecule has 2 unspecified atom stereocenters. The van der Waals surface area contributed by atoms with Crippen LogP contribution in [0.4, 0.5) is 8.78 Å². The average molecular weight is 408 g/mol. The van der Waals surface area contributed by atoms with Crippen molar-refractivity contribution in [3.8, 4) is 0 Å². The summed E-state index contributed by atoms with van der Waals surface area (Å²) >= 11 is 0. The van der Waals surface area contributed by atoms with Gasteiger partial charge in [0.05, 0.1) is 24.8 Å². The molecule has 0 spiro atoms. The van der Waals surface area contributed by atoms with Crippen molar-refractivity contribution < 1.29 is 18.7 Å². The van der Waals surface area contributed by atoms with Crippen molar-refractivity contribution in [3.63, 3.8) is 0 Å². The quantitative estimate of drug-likeness (QED) is 0.217. The summed E-state index contributed by atoms with van der Waals surface area (Å²) in [6, 6.07) is 0. The van der Waals surface area contributed by atoms with Gasteiger partial charge in [-0.3, -0.25) is 9.69 Å². The van der Waals surface area contributed by atoms with Crippen molar-refractivity contribution in [2.75, 3.05) is 13.6 Å². The summed E-state index contributed by atoms with van der Waals surface area (Å²) in [5.74, 6) is -2.47. The van der Waals surface area contributed by atoms with Crippen LogP contribution in [-0.4, -0.2) is 49.1 Å². The Hall–Kier alpha value is -1.89. The molecule has 2 radical (unpaired) electrons. The maximum atomic E-state index is 13.9. The van der Waals surface area contributed by atoms with Crippen molar-refractivity contribution in [2.45, 2.75) is 71.9 Å². The highest BCUT2D eigenvalue weighted by Crippen LogP contribution is 2.27. The Bertz CT molecular complexity index is 680. The van der Waals surface area contributed by atoms with E-state index in [4.69, 9.17) is 7.85 Å². The van der Waals surface area contributed by atoms with E-state index in [0.717, 1.165) is 31.5 Å². The summed E-state index contributed by atoms with van der Waals surface area (Å²) in [6.07, 6.45) is 2.54. The van der Waals surface area contributed by atoms with Crippen LogP contribution < -0.4 is 5.32 Å². The molecular formula is C22H35BF2N2O2. The van der Waals surface area contributed by atoms with E-state index in [2.05, 4.69) is 18.8 Å². The second-order valence-electron chi connectivity index (χ2n) is 7.91. The molecule has 0 aliphatic heterocycles. The molecule has 7 heteroatoms. The van der Waals surface area contributed by atoms with E-state index in [9.17, 15) is 18.7 Å². The normalized spacial score (nSPS) is 16.3. The first-order chi connectivity index (χ1) is 13.2. The van der Waals surface area contributed by atoms with Gasteiger partial charge in [-0.25, -0.2) is 8.78 Å². The van der Waals surface area contributed by atoms with Crippen LogP contribution >= 0.6 is 0 Å². The van der Waals surface area contributed by atoms with Gasteiger partial charge in [-0.2, -0.15) is 0 Å². The molecule has 0 aromatic carbocycles. The van der Waals surface area contributed by atoms with Gasteiger partial charge in [0, 0.05) is 5.70 Å². The Labute approximate surface area is 175 Å². The number of allylic oxidation sites excluding steroid dienone is 3. The number of nitrogens with one attached hydrogen (secondary N) is 1. The van der Waals surface area contributed by atoms with Gasteiger partial charge in [0.2, 0.25) is 0 Å². The Kier molecular flexibility index (Phi) is 11.2. The fourth-order valence-electron chi connectivity index (χ4n) is 2.51. The molecule has 0 aromatic heterocycles. The van der Waals surface area contributed by atoms with E-state index in [1.54, 1.807) is 20.8 Å². The number of halogens is 2. The Morgan fingerprint density at radius 2 is 1.93 bits per heavy atom. The van der Waals surface area contributed by atoms with Gasteiger partial charge in [-0.05, 0) is 71.3 Å². The molecule has 162 valence electrons. The Morgan fingerprint density at radius 3 is 2.34 bits per heavy atom. The molecule has 0 aliphatic carbocycles. The fourth-order valence-corrected chi connectivity index (χ4v) is 2.51. The van der Waals surface area contributed by atoms with Crippen LogP contribution in [0.3, 0.4) is 0 Å². The largest absolute Gasteiger partial charge is 0.510 e.